The average Bonchev–Trinajstić information content (AvgIpc) is 3.27. The second kappa shape index (κ2) is 10.5. The first kappa shape index (κ1) is 25.7. The van der Waals surface area contributed by atoms with Gasteiger partial charge in [-0.25, -0.2) is 9.97 Å². The average molecular weight is 507 g/mol. The van der Waals surface area contributed by atoms with E-state index >= 15 is 0 Å². The molecule has 3 heterocycles. The maximum absolute atomic E-state index is 10.1. The van der Waals surface area contributed by atoms with Crippen LogP contribution < -0.4 is 10.6 Å². The van der Waals surface area contributed by atoms with Crippen molar-refractivity contribution < 1.29 is 5.11 Å². The van der Waals surface area contributed by atoms with Crippen LogP contribution in [0.25, 0.3) is 11.3 Å². The molecule has 0 bridgehead atoms. The first-order valence-electron chi connectivity index (χ1n) is 13.1. The Balaban J connectivity index is 1.48. The van der Waals surface area contributed by atoms with Gasteiger partial charge in [0.15, 0.2) is 0 Å². The van der Waals surface area contributed by atoms with Crippen LogP contribution in [0, 0.1) is 30.1 Å². The Morgan fingerprint density at radius 2 is 2.11 bits per heavy atom. The largest absolute Gasteiger partial charge is 0.395 e. The number of hydrogen-bond acceptors (Lipinski definition) is 7. The van der Waals surface area contributed by atoms with Crippen LogP contribution in [-0.2, 0) is 5.41 Å². The number of nitrogens with one attached hydrogen (secondary N) is 2. The van der Waals surface area contributed by atoms with Crippen LogP contribution in [0.4, 0.5) is 17.3 Å². The summed E-state index contributed by atoms with van der Waals surface area (Å²) >= 11 is 0. The highest BCUT2D eigenvalue weighted by molar-refractivity contribution is 5.77. The monoisotopic (exact) mass is 506 g/mol. The molecule has 3 aromatic rings. The number of fused-ring (bicyclic) bond motifs is 1. The standard InChI is InChI=1S/C31H34N6O/c1-5-7-21-13-23(14-26-29(21)34-18-31(26,3)19-38)27-9-10-33-30(35-27)36-28-15-24(16-32)25(12-20(28)2)22-8-6-11-37(4)17-22/h9-10,12-15,22,34,38H,6,8,11,17-19H2,1-4H3,(H,33,35,36). The van der Waals surface area contributed by atoms with Crippen molar-refractivity contribution in [2.45, 2.75) is 44.9 Å². The summed E-state index contributed by atoms with van der Waals surface area (Å²) in [6, 6.07) is 12.5. The molecule has 2 aromatic carbocycles. The second-order valence-corrected chi connectivity index (χ2v) is 10.8. The zero-order chi connectivity index (χ0) is 26.9. The molecule has 1 saturated heterocycles. The maximum atomic E-state index is 10.1. The van der Waals surface area contributed by atoms with Crippen molar-refractivity contribution in [2.75, 3.05) is 43.9 Å². The molecule has 2 atom stereocenters. The Morgan fingerprint density at radius 1 is 1.26 bits per heavy atom. The molecule has 1 aromatic heterocycles. The summed E-state index contributed by atoms with van der Waals surface area (Å²) in [4.78, 5) is 11.6. The van der Waals surface area contributed by atoms with E-state index in [1.165, 1.54) is 0 Å². The molecule has 38 heavy (non-hydrogen) atoms. The minimum atomic E-state index is -0.386. The topological polar surface area (TPSA) is 97.1 Å². The van der Waals surface area contributed by atoms with Crippen LogP contribution in [0.2, 0.25) is 0 Å². The molecule has 0 spiro atoms. The fourth-order valence-electron chi connectivity index (χ4n) is 5.63. The third-order valence-corrected chi connectivity index (χ3v) is 7.83. The van der Waals surface area contributed by atoms with Crippen LogP contribution in [0.5, 0.6) is 0 Å². The van der Waals surface area contributed by atoms with Gasteiger partial charge in [0.2, 0.25) is 5.95 Å². The third-order valence-electron chi connectivity index (χ3n) is 7.83. The van der Waals surface area contributed by atoms with Gasteiger partial charge in [0, 0.05) is 41.5 Å². The van der Waals surface area contributed by atoms with Gasteiger partial charge in [-0.3, -0.25) is 0 Å². The summed E-state index contributed by atoms with van der Waals surface area (Å²) in [6.45, 7) is 8.71. The summed E-state index contributed by atoms with van der Waals surface area (Å²) in [5.74, 6) is 7.04. The molecule has 2 aliphatic rings. The number of piperidine rings is 1. The highest BCUT2D eigenvalue weighted by atomic mass is 16.3. The van der Waals surface area contributed by atoms with Crippen LogP contribution >= 0.6 is 0 Å². The predicted octanol–water partition coefficient (Wildman–Crippen LogP) is 4.92. The van der Waals surface area contributed by atoms with Gasteiger partial charge >= 0.3 is 0 Å². The molecule has 194 valence electrons. The number of aliphatic hydroxyl groups is 1. The van der Waals surface area contributed by atoms with Gasteiger partial charge in [-0.05, 0) is 87.2 Å². The molecule has 0 saturated carbocycles. The number of hydrogen-bond donors (Lipinski definition) is 3. The Hall–Kier alpha value is -3.91. The number of aliphatic hydroxyl groups excluding tert-OH is 1. The number of aryl methyl sites for hydroxylation is 1. The van der Waals surface area contributed by atoms with Gasteiger partial charge in [0.25, 0.3) is 0 Å². The summed E-state index contributed by atoms with van der Waals surface area (Å²) in [6.07, 6.45) is 3.99. The van der Waals surface area contributed by atoms with Crippen molar-refractivity contribution >= 4 is 17.3 Å². The van der Waals surface area contributed by atoms with E-state index in [1.54, 1.807) is 6.20 Å². The van der Waals surface area contributed by atoms with Crippen LogP contribution in [0.15, 0.2) is 36.5 Å². The molecule has 2 unspecified atom stereocenters. The zero-order valence-electron chi connectivity index (χ0n) is 22.5. The van der Waals surface area contributed by atoms with E-state index in [9.17, 15) is 10.4 Å². The van der Waals surface area contributed by atoms with Crippen molar-refractivity contribution in [3.05, 3.63) is 64.3 Å². The smallest absolute Gasteiger partial charge is 0.227 e. The number of benzene rings is 2. The molecule has 7 heteroatoms. The van der Waals surface area contributed by atoms with Crippen LogP contribution in [0.3, 0.4) is 0 Å². The third kappa shape index (κ3) is 4.84. The van der Waals surface area contributed by atoms with E-state index in [4.69, 9.17) is 4.98 Å². The first-order valence-corrected chi connectivity index (χ1v) is 13.1. The number of rotatable bonds is 5. The van der Waals surface area contributed by atoms with Crippen molar-refractivity contribution in [2.24, 2.45) is 0 Å². The number of aromatic nitrogens is 2. The SMILES string of the molecule is CC#Cc1cc(-c2ccnc(Nc3cc(C#N)c(C4CCCN(C)C4)cc3C)n2)cc2c1NCC2(C)CO. The lowest BCUT2D eigenvalue weighted by Gasteiger charge is -2.30. The number of nitrogens with zero attached hydrogens (tertiary/aromatic N) is 4. The lowest BCUT2D eigenvalue weighted by atomic mass is 9.83. The van der Waals surface area contributed by atoms with E-state index in [2.05, 4.69) is 71.5 Å². The zero-order valence-corrected chi connectivity index (χ0v) is 22.5. The number of likely N-dealkylation sites (N-methyl/N-ethyl adjacent to an activating group) is 1. The van der Waals surface area contributed by atoms with Crippen molar-refractivity contribution in [1.29, 1.82) is 5.26 Å². The van der Waals surface area contributed by atoms with E-state index in [1.807, 2.05) is 25.1 Å². The van der Waals surface area contributed by atoms with Crippen LogP contribution in [-0.4, -0.2) is 53.3 Å². The number of anilines is 3. The minimum Gasteiger partial charge on any atom is -0.395 e. The number of nitriles is 1. The Morgan fingerprint density at radius 3 is 2.84 bits per heavy atom. The van der Waals surface area contributed by atoms with E-state index in [0.717, 1.165) is 70.8 Å². The molecule has 1 fully saturated rings. The van der Waals surface area contributed by atoms with Gasteiger partial charge in [-0.1, -0.05) is 18.9 Å². The molecule has 7 nitrogen and oxygen atoms in total. The minimum absolute atomic E-state index is 0.0413. The molecule has 0 aliphatic carbocycles. The summed E-state index contributed by atoms with van der Waals surface area (Å²) in [5, 5.41) is 26.8. The Kier molecular flexibility index (Phi) is 7.08. The van der Waals surface area contributed by atoms with E-state index in [-0.39, 0.29) is 12.0 Å². The van der Waals surface area contributed by atoms with Crippen LogP contribution in [0.1, 0.15) is 60.4 Å². The normalized spacial score (nSPS) is 20.6. The Labute approximate surface area is 224 Å². The predicted molar refractivity (Wildman–Crippen MR) is 152 cm³/mol. The van der Waals surface area contributed by atoms with Crippen molar-refractivity contribution in [1.82, 2.24) is 14.9 Å². The van der Waals surface area contributed by atoms with Gasteiger partial charge in [-0.2, -0.15) is 5.26 Å². The Bertz CT molecular complexity index is 1480. The second-order valence-electron chi connectivity index (χ2n) is 10.8. The lowest BCUT2D eigenvalue weighted by Crippen LogP contribution is -2.31. The van der Waals surface area contributed by atoms with E-state index in [0.29, 0.717) is 24.0 Å². The summed E-state index contributed by atoms with van der Waals surface area (Å²) in [7, 11) is 2.14. The molecule has 0 amide bonds. The molecular formula is C31H34N6O. The first-order chi connectivity index (χ1) is 18.3. The summed E-state index contributed by atoms with van der Waals surface area (Å²) < 4.78 is 0. The lowest BCUT2D eigenvalue weighted by molar-refractivity contribution is 0.219. The number of likely N-dealkylation sites (tertiary alicyclic amines) is 1. The highest BCUT2D eigenvalue weighted by Gasteiger charge is 2.35. The summed E-state index contributed by atoms with van der Waals surface area (Å²) in [5.41, 5.74) is 7.93. The van der Waals surface area contributed by atoms with Crippen molar-refractivity contribution in [3.8, 4) is 29.2 Å². The molecule has 0 radical (unpaired) electrons. The van der Waals surface area contributed by atoms with Gasteiger partial charge in [-0.15, -0.1) is 5.92 Å². The maximum Gasteiger partial charge on any atom is 0.227 e. The quantitative estimate of drug-likeness (QED) is 0.423. The molecule has 3 N–H and O–H groups in total. The van der Waals surface area contributed by atoms with Crippen molar-refractivity contribution in [3.63, 3.8) is 0 Å². The van der Waals surface area contributed by atoms with Gasteiger partial charge in [0.05, 0.1) is 29.6 Å². The fraction of sp³-hybridized carbons (Fsp3) is 0.387. The highest BCUT2D eigenvalue weighted by Crippen LogP contribution is 2.41. The molecule has 2 aliphatic heterocycles. The van der Waals surface area contributed by atoms with Gasteiger partial charge in [0.1, 0.15) is 0 Å². The molecule has 5 rings (SSSR count). The van der Waals surface area contributed by atoms with E-state index < -0.39 is 0 Å². The van der Waals surface area contributed by atoms with Gasteiger partial charge < -0.3 is 20.6 Å². The fourth-order valence-corrected chi connectivity index (χ4v) is 5.63. The molecular weight excluding hydrogens is 472 g/mol.